The zero-order valence-corrected chi connectivity index (χ0v) is 22.8. The third-order valence-electron chi connectivity index (χ3n) is 5.02. The van der Waals surface area contributed by atoms with E-state index in [1.54, 1.807) is 19.1 Å². The lowest BCUT2D eigenvalue weighted by atomic mass is 9.93. The van der Waals surface area contributed by atoms with Crippen molar-refractivity contribution < 1.29 is 23.0 Å². The van der Waals surface area contributed by atoms with E-state index in [2.05, 4.69) is 11.9 Å². The minimum absolute atomic E-state index is 0.0717. The number of halogens is 3. The number of rotatable bonds is 4. The van der Waals surface area contributed by atoms with Gasteiger partial charge in [0.15, 0.2) is 11.5 Å². The molecule has 1 unspecified atom stereocenters. The third-order valence-corrected chi connectivity index (χ3v) is 5.20. The second kappa shape index (κ2) is 15.3. The molecule has 4 rings (SSSR count). The van der Waals surface area contributed by atoms with E-state index in [4.69, 9.17) is 21.1 Å². The van der Waals surface area contributed by atoms with Crippen molar-refractivity contribution in [1.29, 1.82) is 0 Å². The summed E-state index contributed by atoms with van der Waals surface area (Å²) in [6.07, 6.45) is 6.72. The largest absolute Gasteiger partial charge is 0.445 e. The highest BCUT2D eigenvalue weighted by Gasteiger charge is 2.40. The molecule has 1 fully saturated rings. The lowest BCUT2D eigenvalue weighted by Gasteiger charge is -2.26. The second-order valence-electron chi connectivity index (χ2n) is 8.47. The van der Waals surface area contributed by atoms with E-state index >= 15 is 0 Å². The molecule has 0 radical (unpaired) electrons. The van der Waals surface area contributed by atoms with Gasteiger partial charge in [-0.25, -0.2) is 8.78 Å². The summed E-state index contributed by atoms with van der Waals surface area (Å²) in [5.41, 5.74) is 1.68. The molecule has 198 valence electrons. The molecule has 0 bridgehead atoms. The maximum absolute atomic E-state index is 14.3. The van der Waals surface area contributed by atoms with Crippen molar-refractivity contribution in [2.75, 3.05) is 5.88 Å². The molecule has 2 aromatic rings. The van der Waals surface area contributed by atoms with Gasteiger partial charge in [0.25, 0.3) is 11.7 Å². The Balaban J connectivity index is 0.000000504. The predicted octanol–water partition coefficient (Wildman–Crippen LogP) is 8.30. The molecule has 36 heavy (non-hydrogen) atoms. The van der Waals surface area contributed by atoms with Crippen LogP contribution in [0.5, 0.6) is 11.5 Å². The van der Waals surface area contributed by atoms with Gasteiger partial charge in [-0.05, 0) is 70.4 Å². The lowest BCUT2D eigenvalue weighted by Crippen LogP contribution is -2.39. The molecule has 1 aliphatic heterocycles. The van der Waals surface area contributed by atoms with Crippen molar-refractivity contribution in [3.8, 4) is 11.5 Å². The normalized spacial score (nSPS) is 17.4. The Bertz CT molecular complexity index is 1020. The molecule has 1 N–H and O–H groups in total. The van der Waals surface area contributed by atoms with Crippen LogP contribution in [0.2, 0.25) is 0 Å². The average Bonchev–Trinajstić information content (AvgIpc) is 3.14. The molecular formula is C29H38ClF2NO3. The van der Waals surface area contributed by atoms with Gasteiger partial charge in [0.1, 0.15) is 11.6 Å². The molecule has 4 nitrogen and oxygen atoms in total. The van der Waals surface area contributed by atoms with Gasteiger partial charge in [-0.2, -0.15) is 0 Å². The second-order valence-corrected chi connectivity index (χ2v) is 8.78. The van der Waals surface area contributed by atoms with Gasteiger partial charge < -0.3 is 14.8 Å². The van der Waals surface area contributed by atoms with Crippen molar-refractivity contribution in [3.05, 3.63) is 83.5 Å². The van der Waals surface area contributed by atoms with Crippen LogP contribution in [0.25, 0.3) is 0 Å². The Morgan fingerprint density at radius 1 is 1.14 bits per heavy atom. The smallest absolute Gasteiger partial charge is 0.275 e. The Morgan fingerprint density at radius 2 is 1.67 bits per heavy atom. The van der Waals surface area contributed by atoms with E-state index in [1.165, 1.54) is 23.8 Å². The number of carbonyl (C=O) groups excluding carboxylic acids is 1. The van der Waals surface area contributed by atoms with E-state index in [0.29, 0.717) is 11.4 Å². The number of hydrogen-bond acceptors (Lipinski definition) is 3. The average molecular weight is 522 g/mol. The molecular weight excluding hydrogens is 484 g/mol. The molecule has 1 amide bonds. The monoisotopic (exact) mass is 521 g/mol. The fourth-order valence-electron chi connectivity index (χ4n) is 3.08. The first-order valence-corrected chi connectivity index (χ1v) is 12.7. The fourth-order valence-corrected chi connectivity index (χ4v) is 3.26. The van der Waals surface area contributed by atoms with Crippen LogP contribution >= 0.6 is 11.6 Å². The topological polar surface area (TPSA) is 47.6 Å². The predicted molar refractivity (Wildman–Crippen MR) is 144 cm³/mol. The van der Waals surface area contributed by atoms with Crippen LogP contribution in [0, 0.1) is 11.6 Å². The number of hydrogen-bond donors (Lipinski definition) is 1. The molecule has 1 aliphatic carbocycles. The first-order valence-electron chi connectivity index (χ1n) is 12.2. The maximum atomic E-state index is 14.3. The Morgan fingerprint density at radius 3 is 2.08 bits per heavy atom. The summed E-state index contributed by atoms with van der Waals surface area (Å²) in [7, 11) is 0. The standard InChI is InChI=1S/C19H17F2NO3.C4H7Cl.C4H8.C2H6/c1-19(11-5-7-12(20)8-6-11)24-16-9-14(15(21)10-17(16)25-19)18(23)22-13-3-2-4-13;1-2-3-4-5;1-4(2)3;1-2/h5-10,13H,2-4H2,1H3,(H,22,23);2-3H,4H2,1H3;1H2,2-3H3;1-2H3/b;3-2-;;. The highest BCUT2D eigenvalue weighted by molar-refractivity contribution is 6.18. The maximum Gasteiger partial charge on any atom is 0.275 e. The van der Waals surface area contributed by atoms with Crippen molar-refractivity contribution in [2.24, 2.45) is 0 Å². The van der Waals surface area contributed by atoms with Crippen LogP contribution in [0.3, 0.4) is 0 Å². The molecule has 2 aliphatic rings. The van der Waals surface area contributed by atoms with Crippen LogP contribution in [0.15, 0.2) is 60.7 Å². The SMILES string of the molecule is C/C=C\CCl.C=C(C)C.CC.CC1(c2ccc(F)cc2)Oc2cc(F)c(C(=O)NC3CCC3)cc2O1. The van der Waals surface area contributed by atoms with Crippen molar-refractivity contribution in [3.63, 3.8) is 0 Å². The van der Waals surface area contributed by atoms with Gasteiger partial charge in [0, 0.05) is 30.5 Å². The lowest BCUT2D eigenvalue weighted by molar-refractivity contribution is -0.0681. The van der Waals surface area contributed by atoms with E-state index in [-0.39, 0.29) is 28.9 Å². The van der Waals surface area contributed by atoms with Crippen LogP contribution in [0.1, 0.15) is 76.7 Å². The van der Waals surface area contributed by atoms with Crippen molar-refractivity contribution in [2.45, 2.75) is 72.6 Å². The van der Waals surface area contributed by atoms with E-state index in [0.717, 1.165) is 25.3 Å². The zero-order valence-electron chi connectivity index (χ0n) is 22.1. The Kier molecular flexibility index (Phi) is 13.2. The van der Waals surface area contributed by atoms with Crippen molar-refractivity contribution >= 4 is 17.5 Å². The molecule has 7 heteroatoms. The molecule has 1 atom stereocenters. The first-order chi connectivity index (χ1) is 17.1. The van der Waals surface area contributed by atoms with Crippen molar-refractivity contribution in [1.82, 2.24) is 5.32 Å². The van der Waals surface area contributed by atoms with Crippen LogP contribution in [-0.4, -0.2) is 17.8 Å². The summed E-state index contributed by atoms with van der Waals surface area (Å²) >= 11 is 5.21. The zero-order chi connectivity index (χ0) is 27.3. The minimum Gasteiger partial charge on any atom is -0.445 e. The van der Waals surface area contributed by atoms with E-state index in [9.17, 15) is 13.6 Å². The summed E-state index contributed by atoms with van der Waals surface area (Å²) in [5, 5.41) is 2.81. The van der Waals surface area contributed by atoms with Crippen LogP contribution in [0.4, 0.5) is 8.78 Å². The number of allylic oxidation sites excluding steroid dienone is 3. The highest BCUT2D eigenvalue weighted by atomic mass is 35.5. The quantitative estimate of drug-likeness (QED) is 0.325. The number of benzene rings is 2. The number of alkyl halides is 1. The number of fused-ring (bicyclic) bond motifs is 1. The summed E-state index contributed by atoms with van der Waals surface area (Å²) in [6, 6.07) is 8.31. The summed E-state index contributed by atoms with van der Waals surface area (Å²) in [5.74, 6) is -1.56. The molecule has 0 saturated heterocycles. The molecule has 1 saturated carbocycles. The van der Waals surface area contributed by atoms with Gasteiger partial charge in [0.2, 0.25) is 0 Å². The number of nitrogens with one attached hydrogen (secondary N) is 1. The Labute approximate surface area is 219 Å². The number of amides is 1. The van der Waals surface area contributed by atoms with E-state index in [1.807, 2.05) is 46.8 Å². The summed E-state index contributed by atoms with van der Waals surface area (Å²) in [4.78, 5) is 12.2. The van der Waals surface area contributed by atoms with Gasteiger partial charge in [-0.1, -0.05) is 31.6 Å². The molecule has 0 spiro atoms. The van der Waals surface area contributed by atoms with Crippen LogP contribution in [-0.2, 0) is 5.79 Å². The summed E-state index contributed by atoms with van der Waals surface area (Å²) < 4.78 is 39.0. The van der Waals surface area contributed by atoms with Gasteiger partial charge in [0.05, 0.1) is 5.56 Å². The highest BCUT2D eigenvalue weighted by Crippen LogP contribution is 2.45. The van der Waals surface area contributed by atoms with Gasteiger partial charge >= 0.3 is 0 Å². The number of ether oxygens (including phenoxy) is 2. The molecule has 2 aromatic carbocycles. The van der Waals surface area contributed by atoms with Crippen LogP contribution < -0.4 is 14.8 Å². The van der Waals surface area contributed by atoms with E-state index < -0.39 is 17.5 Å². The summed E-state index contributed by atoms with van der Waals surface area (Å²) in [6.45, 7) is 15.1. The van der Waals surface area contributed by atoms with Gasteiger partial charge in [-0.15, -0.1) is 18.2 Å². The Hall–Kier alpha value is -2.86. The van der Waals surface area contributed by atoms with Gasteiger partial charge in [-0.3, -0.25) is 4.79 Å². The number of carbonyl (C=O) groups is 1. The molecule has 0 aromatic heterocycles. The fraction of sp³-hybridized carbons (Fsp3) is 0.414. The third kappa shape index (κ3) is 9.30. The first kappa shape index (κ1) is 31.2. The minimum atomic E-state index is -1.20. The molecule has 1 heterocycles.